The van der Waals surface area contributed by atoms with E-state index in [1.165, 1.54) is 11.3 Å². The Morgan fingerprint density at radius 1 is 0.950 bits per heavy atom. The fourth-order valence-electron chi connectivity index (χ4n) is 2.31. The van der Waals surface area contributed by atoms with Crippen LogP contribution in [0.2, 0.25) is 0 Å². The van der Waals surface area contributed by atoms with Crippen molar-refractivity contribution in [3.8, 4) is 0 Å². The summed E-state index contributed by atoms with van der Waals surface area (Å²) in [6.07, 6.45) is 0. The molecule has 2 aromatic rings. The first kappa shape index (κ1) is 14.4. The molecular weight excluding hydrogens is 270 g/mol. The Morgan fingerprint density at radius 3 is 2.35 bits per heavy atom. The van der Waals surface area contributed by atoms with E-state index in [9.17, 15) is 0 Å². The number of rotatable bonds is 1. The van der Waals surface area contributed by atoms with E-state index in [1.54, 1.807) is 0 Å². The summed E-state index contributed by atoms with van der Waals surface area (Å²) in [5, 5.41) is 4.35. The Hall–Kier alpha value is -2.00. The first-order valence-corrected chi connectivity index (χ1v) is 6.45. The molecule has 1 aliphatic heterocycles. The van der Waals surface area contributed by atoms with Crippen LogP contribution in [0.25, 0.3) is 0 Å². The number of halogens is 1. The Morgan fingerprint density at radius 2 is 1.60 bits per heavy atom. The summed E-state index contributed by atoms with van der Waals surface area (Å²) in [5.41, 5.74) is 3.48. The molecule has 0 unspecified atom stereocenters. The van der Waals surface area contributed by atoms with Gasteiger partial charge in [-0.3, -0.25) is 10.0 Å². The van der Waals surface area contributed by atoms with Crippen LogP contribution in [0.4, 0.5) is 11.4 Å². The lowest BCUT2D eigenvalue weighted by Gasteiger charge is -2.33. The molecule has 0 aromatic heterocycles. The number of hydrazine groups is 1. The molecule has 0 fully saturated rings. The van der Waals surface area contributed by atoms with Crippen molar-refractivity contribution in [3.05, 3.63) is 60.2 Å². The Labute approximate surface area is 125 Å². The van der Waals surface area contributed by atoms with E-state index in [1.807, 2.05) is 19.1 Å². The molecule has 4 heteroatoms. The van der Waals surface area contributed by atoms with Crippen LogP contribution in [-0.2, 0) is 6.54 Å². The molecule has 3 rings (SSSR count). The van der Waals surface area contributed by atoms with Crippen molar-refractivity contribution in [2.24, 2.45) is 4.99 Å². The summed E-state index contributed by atoms with van der Waals surface area (Å²) in [6, 6.07) is 18.7. The summed E-state index contributed by atoms with van der Waals surface area (Å²) in [6.45, 7) is 2.87. The predicted octanol–water partition coefficient (Wildman–Crippen LogP) is 4.03. The third-order valence-electron chi connectivity index (χ3n) is 3.48. The number of anilines is 1. The van der Waals surface area contributed by atoms with Crippen molar-refractivity contribution >= 4 is 29.6 Å². The topological polar surface area (TPSA) is 18.8 Å². The van der Waals surface area contributed by atoms with Gasteiger partial charge in [0, 0.05) is 7.05 Å². The second-order valence-corrected chi connectivity index (χ2v) is 4.70. The molecule has 0 atom stereocenters. The highest BCUT2D eigenvalue weighted by atomic mass is 35.5. The summed E-state index contributed by atoms with van der Waals surface area (Å²) in [4.78, 5) is 4.70. The van der Waals surface area contributed by atoms with Crippen LogP contribution in [0.15, 0.2) is 59.6 Å². The van der Waals surface area contributed by atoms with Crippen LogP contribution in [0.1, 0.15) is 12.5 Å². The van der Waals surface area contributed by atoms with Gasteiger partial charge in [0.15, 0.2) is 0 Å². The molecule has 0 saturated carbocycles. The first-order valence-electron chi connectivity index (χ1n) is 6.45. The smallest absolute Gasteiger partial charge is 0.120 e. The van der Waals surface area contributed by atoms with Gasteiger partial charge in [-0.2, -0.15) is 0 Å². The van der Waals surface area contributed by atoms with Crippen molar-refractivity contribution in [3.63, 3.8) is 0 Å². The molecule has 3 nitrogen and oxygen atoms in total. The molecule has 0 spiro atoms. The van der Waals surface area contributed by atoms with E-state index in [0.29, 0.717) is 0 Å². The Kier molecular flexibility index (Phi) is 4.30. The maximum atomic E-state index is 4.70. The van der Waals surface area contributed by atoms with Crippen molar-refractivity contribution in [2.45, 2.75) is 13.5 Å². The number of para-hydroxylation sites is 2. The van der Waals surface area contributed by atoms with Gasteiger partial charge in [0.25, 0.3) is 0 Å². The fourth-order valence-corrected chi connectivity index (χ4v) is 2.31. The van der Waals surface area contributed by atoms with Crippen LogP contribution >= 0.6 is 12.4 Å². The molecule has 0 aliphatic carbocycles. The Bertz CT molecular complexity index is 610. The average molecular weight is 288 g/mol. The quantitative estimate of drug-likeness (QED) is 0.789. The molecule has 0 N–H and O–H groups in total. The maximum absolute atomic E-state index is 4.70. The van der Waals surface area contributed by atoms with E-state index in [0.717, 1.165) is 18.1 Å². The molecule has 0 saturated heterocycles. The van der Waals surface area contributed by atoms with Gasteiger partial charge >= 0.3 is 0 Å². The standard InChI is InChI=1S/C16H17N3.ClH/c1-13-17-16-11-7-6-8-14(16)12-19(18(13)2)15-9-4-3-5-10-15;/h3-11H,12H2,1-2H3;1H. The Balaban J connectivity index is 0.00000147. The van der Waals surface area contributed by atoms with Crippen molar-refractivity contribution in [1.82, 2.24) is 5.01 Å². The first-order chi connectivity index (χ1) is 9.25. The zero-order valence-corrected chi connectivity index (χ0v) is 12.5. The highest BCUT2D eigenvalue weighted by Gasteiger charge is 2.19. The second kappa shape index (κ2) is 5.97. The van der Waals surface area contributed by atoms with E-state index in [4.69, 9.17) is 4.99 Å². The van der Waals surface area contributed by atoms with Gasteiger partial charge in [-0.25, -0.2) is 4.99 Å². The van der Waals surface area contributed by atoms with Gasteiger partial charge in [-0.1, -0.05) is 36.4 Å². The minimum Gasteiger partial charge on any atom is -0.280 e. The third-order valence-corrected chi connectivity index (χ3v) is 3.48. The number of amidine groups is 1. The molecular formula is C16H18ClN3. The SMILES string of the molecule is CC1=Nc2ccccc2CN(c2ccccc2)N1C.Cl. The molecule has 104 valence electrons. The minimum atomic E-state index is 0. The second-order valence-electron chi connectivity index (χ2n) is 4.70. The number of nitrogens with zero attached hydrogens (tertiary/aromatic N) is 3. The normalized spacial score (nSPS) is 14.0. The van der Waals surface area contributed by atoms with Crippen molar-refractivity contribution in [2.75, 3.05) is 12.1 Å². The van der Waals surface area contributed by atoms with E-state index < -0.39 is 0 Å². The molecule has 1 heterocycles. The van der Waals surface area contributed by atoms with Crippen LogP contribution in [-0.4, -0.2) is 17.9 Å². The molecule has 0 radical (unpaired) electrons. The average Bonchev–Trinajstić information content (AvgIpc) is 2.58. The van der Waals surface area contributed by atoms with Gasteiger partial charge in [0.05, 0.1) is 17.9 Å². The van der Waals surface area contributed by atoms with Gasteiger partial charge < -0.3 is 0 Å². The molecule has 0 amide bonds. The van der Waals surface area contributed by atoms with E-state index in [-0.39, 0.29) is 12.4 Å². The minimum absolute atomic E-state index is 0. The summed E-state index contributed by atoms with van der Waals surface area (Å²) < 4.78 is 0. The lowest BCUT2D eigenvalue weighted by Crippen LogP contribution is -2.41. The lowest BCUT2D eigenvalue weighted by molar-refractivity contribution is 0.453. The van der Waals surface area contributed by atoms with Crippen LogP contribution in [0, 0.1) is 0 Å². The maximum Gasteiger partial charge on any atom is 0.120 e. The van der Waals surface area contributed by atoms with Crippen LogP contribution in [0.3, 0.4) is 0 Å². The number of fused-ring (bicyclic) bond motifs is 1. The number of hydrogen-bond donors (Lipinski definition) is 0. The number of hydrogen-bond acceptors (Lipinski definition) is 3. The lowest BCUT2D eigenvalue weighted by atomic mass is 10.1. The molecule has 1 aliphatic rings. The van der Waals surface area contributed by atoms with Gasteiger partial charge in [0.2, 0.25) is 0 Å². The van der Waals surface area contributed by atoms with Crippen LogP contribution in [0.5, 0.6) is 0 Å². The van der Waals surface area contributed by atoms with Crippen molar-refractivity contribution < 1.29 is 0 Å². The van der Waals surface area contributed by atoms with Crippen molar-refractivity contribution in [1.29, 1.82) is 0 Å². The molecule has 0 bridgehead atoms. The van der Waals surface area contributed by atoms with Gasteiger partial charge in [0.1, 0.15) is 5.84 Å². The number of benzene rings is 2. The number of aliphatic imine (C=N–C) groups is 1. The fraction of sp³-hybridized carbons (Fsp3) is 0.188. The third kappa shape index (κ3) is 2.63. The van der Waals surface area contributed by atoms with E-state index >= 15 is 0 Å². The summed E-state index contributed by atoms with van der Waals surface area (Å²) in [7, 11) is 2.05. The van der Waals surface area contributed by atoms with E-state index in [2.05, 4.69) is 59.5 Å². The van der Waals surface area contributed by atoms with Crippen LogP contribution < -0.4 is 5.01 Å². The van der Waals surface area contributed by atoms with Gasteiger partial charge in [-0.15, -0.1) is 12.4 Å². The molecule has 20 heavy (non-hydrogen) atoms. The highest BCUT2D eigenvalue weighted by molar-refractivity contribution is 5.85. The van der Waals surface area contributed by atoms with Gasteiger partial charge in [-0.05, 0) is 30.7 Å². The zero-order valence-electron chi connectivity index (χ0n) is 11.7. The molecule has 2 aromatic carbocycles. The summed E-state index contributed by atoms with van der Waals surface area (Å²) in [5.74, 6) is 0.994. The summed E-state index contributed by atoms with van der Waals surface area (Å²) >= 11 is 0. The predicted molar refractivity (Wildman–Crippen MR) is 86.8 cm³/mol. The monoisotopic (exact) mass is 287 g/mol. The largest absolute Gasteiger partial charge is 0.280 e. The zero-order chi connectivity index (χ0) is 13.2. The highest BCUT2D eigenvalue weighted by Crippen LogP contribution is 2.28.